The third-order valence-corrected chi connectivity index (χ3v) is 6.48. The summed E-state index contributed by atoms with van der Waals surface area (Å²) in [5.74, 6) is -5.73. The number of phenols is 4. The molecule has 0 aliphatic heterocycles. The van der Waals surface area contributed by atoms with E-state index < -0.39 is 74.8 Å². The molecule has 0 unspecified atom stereocenters. The van der Waals surface area contributed by atoms with Gasteiger partial charge in [-0.3, -0.25) is 14.4 Å². The van der Waals surface area contributed by atoms with Gasteiger partial charge in [-0.05, 0) is 35.7 Å². The summed E-state index contributed by atoms with van der Waals surface area (Å²) in [7, 11) is 1.15. The van der Waals surface area contributed by atoms with Crippen LogP contribution in [0, 0.1) is 0 Å². The zero-order valence-corrected chi connectivity index (χ0v) is 20.3. The Hall–Kier alpha value is -5.45. The Labute approximate surface area is 218 Å². The van der Waals surface area contributed by atoms with Crippen LogP contribution in [0.4, 0.5) is 0 Å². The summed E-state index contributed by atoms with van der Waals surface area (Å²) in [6.45, 7) is 0. The first-order valence-electron chi connectivity index (χ1n) is 11.6. The number of carbonyl (C=O) groups excluding carboxylic acids is 1. The van der Waals surface area contributed by atoms with E-state index >= 15 is 0 Å². The summed E-state index contributed by atoms with van der Waals surface area (Å²) in [6, 6.07) is 12.6. The normalized spacial score (nSPS) is 12.0. The molecule has 0 amide bonds. The van der Waals surface area contributed by atoms with Gasteiger partial charge in [-0.2, -0.15) is 0 Å². The molecule has 0 radical (unpaired) electrons. The lowest BCUT2D eigenvalue weighted by molar-refractivity contribution is -0.140. The molecule has 1 atom stereocenters. The van der Waals surface area contributed by atoms with Crippen molar-refractivity contribution in [2.75, 3.05) is 7.11 Å². The number of rotatable bonds is 5. The first-order valence-corrected chi connectivity index (χ1v) is 11.6. The maximum atomic E-state index is 13.2. The molecule has 0 fully saturated rings. The van der Waals surface area contributed by atoms with Crippen LogP contribution in [-0.4, -0.2) is 43.6 Å². The number of pyridine rings is 1. The lowest BCUT2D eigenvalue weighted by Gasteiger charge is -2.20. The number of carbonyl (C=O) groups is 1. The number of nitrogens with one attached hydrogen (secondary N) is 1. The molecule has 0 aliphatic carbocycles. The Kier molecular flexibility index (Phi) is 6.11. The minimum atomic E-state index is -1.23. The minimum Gasteiger partial charge on any atom is -0.507 e. The van der Waals surface area contributed by atoms with E-state index in [4.69, 9.17) is 9.15 Å². The molecule has 2 aromatic heterocycles. The molecule has 0 aliphatic rings. The lowest BCUT2D eigenvalue weighted by Crippen LogP contribution is -2.20. The molecule has 11 heteroatoms. The number of aromatic hydroxyl groups is 5. The van der Waals surface area contributed by atoms with Crippen molar-refractivity contribution in [2.45, 2.75) is 12.3 Å². The Morgan fingerprint density at radius 1 is 0.923 bits per heavy atom. The van der Waals surface area contributed by atoms with Crippen molar-refractivity contribution in [1.29, 1.82) is 0 Å². The average molecular weight is 531 g/mol. The van der Waals surface area contributed by atoms with Gasteiger partial charge in [0, 0.05) is 34.2 Å². The highest BCUT2D eigenvalue weighted by molar-refractivity contribution is 5.92. The van der Waals surface area contributed by atoms with Gasteiger partial charge in [0.1, 0.15) is 22.5 Å². The van der Waals surface area contributed by atoms with Crippen LogP contribution in [0.5, 0.6) is 28.7 Å². The van der Waals surface area contributed by atoms with Crippen LogP contribution in [0.2, 0.25) is 0 Å². The fourth-order valence-corrected chi connectivity index (χ4v) is 4.58. The Bertz CT molecular complexity index is 1900. The summed E-state index contributed by atoms with van der Waals surface area (Å²) in [5.41, 5.74) is -1.76. The quantitative estimate of drug-likeness (QED) is 0.144. The van der Waals surface area contributed by atoms with Gasteiger partial charge in [-0.1, -0.05) is 18.2 Å². The third kappa shape index (κ3) is 4.25. The molecule has 5 aromatic rings. The number of para-hydroxylation sites is 1. The standard InChI is InChI=1S/C28H21NO10/c1-38-21(34)10-14(15-8-12-4-2-3-5-16(12)29-28(15)37)22-19(32)11-20(33)23-24(35)25(36)26(39-27(22)23)13-6-7-17(30)18(31)9-13/h2-9,11,14,30-33,36H,10H2,1H3,(H,29,37)/t14-/m1/s1. The van der Waals surface area contributed by atoms with Gasteiger partial charge in [0.25, 0.3) is 5.56 Å². The Morgan fingerprint density at radius 3 is 2.38 bits per heavy atom. The fraction of sp³-hybridized carbons (Fsp3) is 0.107. The SMILES string of the molecule is COC(=O)C[C@H](c1cc2ccccc2[nH]c1=O)c1c(O)cc(O)c2c(=O)c(O)c(-c3ccc(O)c(O)c3)oc12. The number of H-pyrrole nitrogens is 1. The predicted octanol–water partition coefficient (Wildman–Crippen LogP) is 3.52. The van der Waals surface area contributed by atoms with Crippen LogP contribution in [0.3, 0.4) is 0 Å². The van der Waals surface area contributed by atoms with Gasteiger partial charge >= 0.3 is 5.97 Å². The van der Waals surface area contributed by atoms with Crippen molar-refractivity contribution in [1.82, 2.24) is 4.98 Å². The van der Waals surface area contributed by atoms with Gasteiger partial charge < -0.3 is 39.7 Å². The van der Waals surface area contributed by atoms with Crippen molar-refractivity contribution in [3.05, 3.63) is 86.3 Å². The third-order valence-electron chi connectivity index (χ3n) is 6.48. The minimum absolute atomic E-state index is 0.0244. The smallest absolute Gasteiger partial charge is 0.306 e. The molecule has 11 nitrogen and oxygen atoms in total. The first kappa shape index (κ1) is 25.2. The number of hydrogen-bond donors (Lipinski definition) is 6. The lowest BCUT2D eigenvalue weighted by atomic mass is 9.86. The van der Waals surface area contributed by atoms with Crippen molar-refractivity contribution in [3.8, 4) is 40.1 Å². The van der Waals surface area contributed by atoms with Crippen molar-refractivity contribution in [2.24, 2.45) is 0 Å². The van der Waals surface area contributed by atoms with E-state index in [0.717, 1.165) is 25.3 Å². The van der Waals surface area contributed by atoms with E-state index in [1.807, 2.05) is 0 Å². The van der Waals surface area contributed by atoms with Crippen molar-refractivity contribution >= 4 is 27.8 Å². The summed E-state index contributed by atoms with van der Waals surface area (Å²) in [4.78, 5) is 41.6. The van der Waals surface area contributed by atoms with Crippen molar-refractivity contribution < 1.29 is 39.5 Å². The Morgan fingerprint density at radius 2 is 1.67 bits per heavy atom. The molecule has 0 saturated heterocycles. The molecule has 5 rings (SSSR count). The number of hydrogen-bond acceptors (Lipinski definition) is 10. The van der Waals surface area contributed by atoms with Gasteiger partial charge in [0.2, 0.25) is 11.2 Å². The first-order chi connectivity index (χ1) is 18.6. The molecule has 6 N–H and O–H groups in total. The molecule has 0 saturated carbocycles. The molecule has 2 heterocycles. The molecule has 39 heavy (non-hydrogen) atoms. The highest BCUT2D eigenvalue weighted by Crippen LogP contribution is 2.44. The van der Waals surface area contributed by atoms with Gasteiger partial charge in [0.15, 0.2) is 17.3 Å². The largest absolute Gasteiger partial charge is 0.507 e. The molecule has 198 valence electrons. The highest BCUT2D eigenvalue weighted by Gasteiger charge is 2.31. The summed E-state index contributed by atoms with van der Waals surface area (Å²) >= 11 is 0. The number of methoxy groups -OCH3 is 1. The second kappa shape index (κ2) is 9.45. The number of aromatic nitrogens is 1. The number of benzene rings is 3. The highest BCUT2D eigenvalue weighted by atomic mass is 16.5. The molecule has 0 spiro atoms. The molecule has 0 bridgehead atoms. The van der Waals surface area contributed by atoms with Crippen LogP contribution in [0.25, 0.3) is 33.2 Å². The van der Waals surface area contributed by atoms with Crippen LogP contribution >= 0.6 is 0 Å². The van der Waals surface area contributed by atoms with E-state index in [-0.39, 0.29) is 16.7 Å². The topological polar surface area (TPSA) is 191 Å². The number of aromatic amines is 1. The predicted molar refractivity (Wildman–Crippen MR) is 139 cm³/mol. The van der Waals surface area contributed by atoms with E-state index in [1.165, 1.54) is 12.1 Å². The van der Waals surface area contributed by atoms with Gasteiger partial charge in [0.05, 0.1) is 13.5 Å². The maximum absolute atomic E-state index is 13.2. The Balaban J connectivity index is 1.88. The van der Waals surface area contributed by atoms with E-state index in [9.17, 15) is 39.9 Å². The maximum Gasteiger partial charge on any atom is 0.306 e. The number of fused-ring (bicyclic) bond motifs is 2. The van der Waals surface area contributed by atoms with Gasteiger partial charge in [-0.15, -0.1) is 0 Å². The van der Waals surface area contributed by atoms with Gasteiger partial charge in [-0.25, -0.2) is 0 Å². The summed E-state index contributed by atoms with van der Waals surface area (Å²) in [5, 5.41) is 51.9. The monoisotopic (exact) mass is 531 g/mol. The van der Waals surface area contributed by atoms with E-state index in [0.29, 0.717) is 10.9 Å². The summed E-state index contributed by atoms with van der Waals surface area (Å²) < 4.78 is 10.7. The van der Waals surface area contributed by atoms with Crippen LogP contribution in [0.15, 0.2) is 68.6 Å². The van der Waals surface area contributed by atoms with Crippen LogP contribution in [0.1, 0.15) is 23.5 Å². The second-order valence-corrected chi connectivity index (χ2v) is 8.82. The fourth-order valence-electron chi connectivity index (χ4n) is 4.58. The average Bonchev–Trinajstić information content (AvgIpc) is 2.90. The number of esters is 1. The van der Waals surface area contributed by atoms with Crippen LogP contribution < -0.4 is 11.0 Å². The zero-order valence-electron chi connectivity index (χ0n) is 20.3. The molecular weight excluding hydrogens is 510 g/mol. The molecular formula is C28H21NO10. The molecule has 3 aromatic carbocycles. The zero-order chi connectivity index (χ0) is 28.0. The van der Waals surface area contributed by atoms with Crippen LogP contribution in [-0.2, 0) is 9.53 Å². The number of phenolic OH excluding ortho intramolecular Hbond substituents is 4. The van der Waals surface area contributed by atoms with E-state index in [1.54, 1.807) is 24.3 Å². The number of ether oxygens (including phenoxy) is 1. The van der Waals surface area contributed by atoms with Crippen molar-refractivity contribution in [3.63, 3.8) is 0 Å². The van der Waals surface area contributed by atoms with E-state index in [2.05, 4.69) is 4.98 Å². The second-order valence-electron chi connectivity index (χ2n) is 8.82. The summed E-state index contributed by atoms with van der Waals surface area (Å²) in [6.07, 6.45) is -0.467.